The molecular formula is C17H17N5O2S. The van der Waals surface area contributed by atoms with E-state index in [-0.39, 0.29) is 23.9 Å². The summed E-state index contributed by atoms with van der Waals surface area (Å²) in [6.07, 6.45) is 1.71. The molecule has 0 saturated carbocycles. The second-order valence-corrected chi connectivity index (χ2v) is 7.22. The number of carbonyl (C=O) groups excluding carboxylic acids is 1. The lowest BCUT2D eigenvalue weighted by Crippen LogP contribution is -2.27. The van der Waals surface area contributed by atoms with E-state index in [9.17, 15) is 9.59 Å². The lowest BCUT2D eigenvalue weighted by Gasteiger charge is -2.14. The van der Waals surface area contributed by atoms with Crippen molar-refractivity contribution >= 4 is 34.4 Å². The number of hydrogen-bond donors (Lipinski definition) is 2. The molecule has 0 saturated heterocycles. The Morgan fingerprint density at radius 3 is 3.08 bits per heavy atom. The van der Waals surface area contributed by atoms with Gasteiger partial charge in [0.25, 0.3) is 5.56 Å². The van der Waals surface area contributed by atoms with Crippen molar-refractivity contribution in [2.45, 2.75) is 31.5 Å². The lowest BCUT2D eigenvalue weighted by atomic mass is 10.1. The van der Waals surface area contributed by atoms with E-state index < -0.39 is 0 Å². The molecule has 1 aliphatic rings. The zero-order chi connectivity index (χ0) is 17.6. The number of benzene rings is 1. The maximum Gasteiger partial charge on any atom is 0.265 e. The van der Waals surface area contributed by atoms with Gasteiger partial charge in [-0.05, 0) is 25.5 Å². The van der Waals surface area contributed by atoms with Gasteiger partial charge in [-0.15, -0.1) is 0 Å². The van der Waals surface area contributed by atoms with Crippen LogP contribution in [0.2, 0.25) is 0 Å². The molecule has 1 unspecified atom stereocenters. The van der Waals surface area contributed by atoms with Gasteiger partial charge in [0.05, 0.1) is 12.2 Å². The summed E-state index contributed by atoms with van der Waals surface area (Å²) in [6, 6.07) is 5.70. The molecule has 0 spiro atoms. The van der Waals surface area contributed by atoms with Gasteiger partial charge in [-0.25, -0.2) is 4.98 Å². The van der Waals surface area contributed by atoms with Gasteiger partial charge in [-0.1, -0.05) is 29.5 Å². The number of amides is 1. The Morgan fingerprint density at radius 2 is 2.28 bits per heavy atom. The fourth-order valence-corrected chi connectivity index (χ4v) is 4.21. The van der Waals surface area contributed by atoms with Gasteiger partial charge < -0.3 is 5.32 Å². The van der Waals surface area contributed by atoms with E-state index in [1.807, 2.05) is 32.0 Å². The van der Waals surface area contributed by atoms with Crippen LogP contribution in [0.5, 0.6) is 0 Å². The minimum Gasteiger partial charge on any atom is -0.326 e. The number of carbonyl (C=O) groups is 1. The molecule has 25 heavy (non-hydrogen) atoms. The van der Waals surface area contributed by atoms with E-state index in [4.69, 9.17) is 0 Å². The smallest absolute Gasteiger partial charge is 0.265 e. The van der Waals surface area contributed by atoms with Gasteiger partial charge in [-0.2, -0.15) is 5.10 Å². The van der Waals surface area contributed by atoms with Crippen molar-refractivity contribution < 1.29 is 4.79 Å². The third-order valence-corrected chi connectivity index (χ3v) is 5.43. The molecule has 8 heteroatoms. The number of aromatic amines is 1. The Hall–Kier alpha value is -2.61. The Balaban J connectivity index is 1.57. The predicted molar refractivity (Wildman–Crippen MR) is 97.1 cm³/mol. The number of fused-ring (bicyclic) bond motifs is 2. The number of hydrogen-bond acceptors (Lipinski definition) is 5. The zero-order valence-corrected chi connectivity index (χ0v) is 14.7. The first-order valence-electron chi connectivity index (χ1n) is 7.98. The van der Waals surface area contributed by atoms with Crippen LogP contribution in [-0.2, 0) is 4.79 Å². The molecular weight excluding hydrogens is 338 g/mol. The monoisotopic (exact) mass is 355 g/mol. The van der Waals surface area contributed by atoms with Crippen molar-refractivity contribution in [1.82, 2.24) is 19.7 Å². The van der Waals surface area contributed by atoms with Crippen LogP contribution in [0, 0.1) is 13.8 Å². The number of rotatable bonds is 3. The minimum atomic E-state index is -0.204. The molecule has 2 N–H and O–H groups in total. The first kappa shape index (κ1) is 15.9. The molecule has 128 valence electrons. The minimum absolute atomic E-state index is 0.107. The molecule has 1 amide bonds. The first-order chi connectivity index (χ1) is 12.0. The lowest BCUT2D eigenvalue weighted by molar-refractivity contribution is -0.116. The summed E-state index contributed by atoms with van der Waals surface area (Å²) in [7, 11) is 0. The van der Waals surface area contributed by atoms with Crippen molar-refractivity contribution in [3.8, 4) is 0 Å². The molecule has 1 atom stereocenters. The first-order valence-corrected chi connectivity index (χ1v) is 8.97. The van der Waals surface area contributed by atoms with Crippen LogP contribution < -0.4 is 10.9 Å². The van der Waals surface area contributed by atoms with Gasteiger partial charge in [-0.3, -0.25) is 19.3 Å². The molecule has 0 fully saturated rings. The van der Waals surface area contributed by atoms with Gasteiger partial charge in [0.1, 0.15) is 5.39 Å². The van der Waals surface area contributed by atoms with Crippen LogP contribution in [0.15, 0.2) is 34.3 Å². The molecule has 3 aromatic rings. The highest BCUT2D eigenvalue weighted by Gasteiger charge is 2.28. The number of nitrogens with zero attached hydrogens (tertiary/aromatic N) is 3. The van der Waals surface area contributed by atoms with E-state index >= 15 is 0 Å². The SMILES string of the molecule is Cc1ccc(NC(=O)CC2CSc3nc4[nH]ncc4c(=O)n32)c(C)c1. The van der Waals surface area contributed by atoms with E-state index in [1.165, 1.54) is 18.0 Å². The van der Waals surface area contributed by atoms with Gasteiger partial charge >= 0.3 is 0 Å². The van der Waals surface area contributed by atoms with Crippen LogP contribution in [0.25, 0.3) is 11.0 Å². The molecule has 1 aliphatic heterocycles. The van der Waals surface area contributed by atoms with E-state index in [0.29, 0.717) is 21.9 Å². The predicted octanol–water partition coefficient (Wildman–Crippen LogP) is 2.41. The summed E-state index contributed by atoms with van der Waals surface area (Å²) < 4.78 is 1.62. The van der Waals surface area contributed by atoms with Gasteiger partial charge in [0.15, 0.2) is 10.8 Å². The van der Waals surface area contributed by atoms with E-state index in [0.717, 1.165) is 16.8 Å². The van der Waals surface area contributed by atoms with Crippen LogP contribution in [0.1, 0.15) is 23.6 Å². The molecule has 2 aromatic heterocycles. The molecule has 1 aromatic carbocycles. The number of aryl methyl sites for hydroxylation is 2. The largest absolute Gasteiger partial charge is 0.326 e. The quantitative estimate of drug-likeness (QED) is 0.704. The Morgan fingerprint density at radius 1 is 1.44 bits per heavy atom. The second-order valence-electron chi connectivity index (χ2n) is 6.24. The Bertz CT molecular complexity index is 1040. The third kappa shape index (κ3) is 2.82. The van der Waals surface area contributed by atoms with Crippen LogP contribution in [0.4, 0.5) is 5.69 Å². The summed E-state index contributed by atoms with van der Waals surface area (Å²) in [5.41, 5.74) is 3.32. The fraction of sp³-hybridized carbons (Fsp3) is 0.294. The molecule has 0 radical (unpaired) electrons. The summed E-state index contributed by atoms with van der Waals surface area (Å²) >= 11 is 1.49. The maximum atomic E-state index is 12.6. The third-order valence-electron chi connectivity index (χ3n) is 4.33. The normalized spacial score (nSPS) is 16.2. The van der Waals surface area contributed by atoms with Gasteiger partial charge in [0, 0.05) is 17.9 Å². The summed E-state index contributed by atoms with van der Waals surface area (Å²) in [6.45, 7) is 3.98. The van der Waals surface area contributed by atoms with Crippen molar-refractivity contribution in [2.75, 3.05) is 11.1 Å². The Kier molecular flexibility index (Phi) is 3.84. The highest BCUT2D eigenvalue weighted by Crippen LogP contribution is 2.33. The highest BCUT2D eigenvalue weighted by molar-refractivity contribution is 7.99. The van der Waals surface area contributed by atoms with Crippen LogP contribution in [-0.4, -0.2) is 31.4 Å². The second kappa shape index (κ2) is 6.03. The van der Waals surface area contributed by atoms with Crippen molar-refractivity contribution in [1.29, 1.82) is 0 Å². The highest BCUT2D eigenvalue weighted by atomic mass is 32.2. The number of H-pyrrole nitrogens is 1. The van der Waals surface area contributed by atoms with Crippen molar-refractivity contribution in [2.24, 2.45) is 0 Å². The number of anilines is 1. The average molecular weight is 355 g/mol. The maximum absolute atomic E-state index is 12.6. The Labute approximate surface area is 147 Å². The molecule has 3 heterocycles. The summed E-state index contributed by atoms with van der Waals surface area (Å²) in [5, 5.41) is 10.6. The van der Waals surface area contributed by atoms with E-state index in [1.54, 1.807) is 4.57 Å². The topological polar surface area (TPSA) is 92.7 Å². The van der Waals surface area contributed by atoms with Crippen LogP contribution in [0.3, 0.4) is 0 Å². The van der Waals surface area contributed by atoms with Gasteiger partial charge in [0.2, 0.25) is 5.91 Å². The summed E-state index contributed by atoms with van der Waals surface area (Å²) in [5.74, 6) is 0.548. The summed E-state index contributed by atoms with van der Waals surface area (Å²) in [4.78, 5) is 29.5. The molecule has 4 rings (SSSR count). The average Bonchev–Trinajstić information content (AvgIpc) is 3.18. The van der Waals surface area contributed by atoms with Crippen molar-refractivity contribution in [3.63, 3.8) is 0 Å². The molecule has 0 bridgehead atoms. The van der Waals surface area contributed by atoms with Crippen molar-refractivity contribution in [3.05, 3.63) is 45.9 Å². The molecule has 7 nitrogen and oxygen atoms in total. The number of thioether (sulfide) groups is 1. The number of aromatic nitrogens is 4. The van der Waals surface area contributed by atoms with Crippen LogP contribution >= 0.6 is 11.8 Å². The molecule has 0 aliphatic carbocycles. The number of nitrogens with one attached hydrogen (secondary N) is 2. The standard InChI is InChI=1S/C17H17N5O2S/c1-9-3-4-13(10(2)5-9)19-14(23)6-11-8-25-17-20-15-12(7-18-21-15)16(24)22(11)17/h3-5,7,11H,6,8H2,1-2H3,(H,18,21)(H,19,23). The zero-order valence-electron chi connectivity index (χ0n) is 13.9. The fourth-order valence-electron chi connectivity index (χ4n) is 3.08. The van der Waals surface area contributed by atoms with E-state index in [2.05, 4.69) is 20.5 Å².